The van der Waals surface area contributed by atoms with Gasteiger partial charge in [0, 0.05) is 19.3 Å². The molecular weight excluding hydrogens is 257 g/mol. The summed E-state index contributed by atoms with van der Waals surface area (Å²) in [5, 5.41) is 17.6. The van der Waals surface area contributed by atoms with Gasteiger partial charge in [0.15, 0.2) is 0 Å². The molecule has 6 heteroatoms. The molecule has 104 valence electrons. The van der Waals surface area contributed by atoms with Gasteiger partial charge in [-0.25, -0.2) is 0 Å². The molecule has 0 aliphatic heterocycles. The van der Waals surface area contributed by atoms with Crippen molar-refractivity contribution in [2.45, 2.75) is 19.7 Å². The van der Waals surface area contributed by atoms with Gasteiger partial charge in [-0.15, -0.1) is 0 Å². The van der Waals surface area contributed by atoms with Gasteiger partial charge in [-0.05, 0) is 24.6 Å². The summed E-state index contributed by atoms with van der Waals surface area (Å²) in [4.78, 5) is 1.59. The van der Waals surface area contributed by atoms with E-state index in [0.717, 1.165) is 6.07 Å². The van der Waals surface area contributed by atoms with Crippen molar-refractivity contribution in [3.63, 3.8) is 0 Å². The molecule has 1 N–H and O–H groups in total. The lowest BCUT2D eigenvalue weighted by atomic mass is 10.1. The zero-order valence-electron chi connectivity index (χ0n) is 10.7. The molecule has 0 spiro atoms. The third kappa shape index (κ3) is 3.86. The first-order valence-electron chi connectivity index (χ1n) is 5.71. The number of aliphatic hydroxyl groups excluding tert-OH is 1. The van der Waals surface area contributed by atoms with E-state index in [9.17, 15) is 13.2 Å². The lowest BCUT2D eigenvalue weighted by Gasteiger charge is -2.22. The molecule has 0 saturated heterocycles. The van der Waals surface area contributed by atoms with E-state index in [1.807, 2.05) is 6.07 Å². The topological polar surface area (TPSA) is 47.3 Å². The van der Waals surface area contributed by atoms with Crippen molar-refractivity contribution < 1.29 is 18.3 Å². The SMILES string of the molecule is CC(C#N)CN(C)c1ccc(CO)c(C(F)(F)F)c1. The average molecular weight is 272 g/mol. The zero-order chi connectivity index (χ0) is 14.6. The van der Waals surface area contributed by atoms with Crippen LogP contribution in [0.15, 0.2) is 18.2 Å². The van der Waals surface area contributed by atoms with Gasteiger partial charge in [-0.2, -0.15) is 18.4 Å². The molecule has 0 fully saturated rings. The first-order valence-corrected chi connectivity index (χ1v) is 5.71. The summed E-state index contributed by atoms with van der Waals surface area (Å²) >= 11 is 0. The Labute approximate surface area is 109 Å². The van der Waals surface area contributed by atoms with E-state index in [0.29, 0.717) is 12.2 Å². The first kappa shape index (κ1) is 15.3. The molecule has 0 aliphatic carbocycles. The standard InChI is InChI=1S/C13H15F3N2O/c1-9(6-17)7-18(2)11-4-3-10(8-19)12(5-11)13(14,15)16/h3-5,9,19H,7-8H2,1-2H3. The quantitative estimate of drug-likeness (QED) is 0.916. The van der Waals surface area contributed by atoms with Crippen molar-refractivity contribution in [2.24, 2.45) is 5.92 Å². The molecule has 0 bridgehead atoms. The molecule has 0 aromatic heterocycles. The van der Waals surface area contributed by atoms with Crippen LogP contribution in [-0.4, -0.2) is 18.7 Å². The molecule has 19 heavy (non-hydrogen) atoms. The fourth-order valence-corrected chi connectivity index (χ4v) is 1.76. The van der Waals surface area contributed by atoms with Crippen LogP contribution < -0.4 is 4.90 Å². The maximum Gasteiger partial charge on any atom is 0.416 e. The van der Waals surface area contributed by atoms with Crippen LogP contribution in [0.5, 0.6) is 0 Å². The van der Waals surface area contributed by atoms with Gasteiger partial charge in [0.1, 0.15) is 0 Å². The minimum absolute atomic E-state index is 0.155. The lowest BCUT2D eigenvalue weighted by molar-refractivity contribution is -0.138. The third-order valence-corrected chi connectivity index (χ3v) is 2.78. The number of anilines is 1. The molecule has 0 saturated carbocycles. The van der Waals surface area contributed by atoms with Gasteiger partial charge in [0.25, 0.3) is 0 Å². The molecular formula is C13H15F3N2O. The van der Waals surface area contributed by atoms with E-state index >= 15 is 0 Å². The van der Waals surface area contributed by atoms with Gasteiger partial charge in [-0.3, -0.25) is 0 Å². The summed E-state index contributed by atoms with van der Waals surface area (Å²) < 4.78 is 38.5. The Balaban J connectivity index is 3.09. The van der Waals surface area contributed by atoms with Crippen molar-refractivity contribution in [3.05, 3.63) is 29.3 Å². The highest BCUT2D eigenvalue weighted by molar-refractivity contribution is 5.51. The van der Waals surface area contributed by atoms with E-state index in [2.05, 4.69) is 0 Å². The van der Waals surface area contributed by atoms with E-state index in [4.69, 9.17) is 10.4 Å². The number of rotatable bonds is 4. The second-order valence-electron chi connectivity index (χ2n) is 4.41. The molecule has 3 nitrogen and oxygen atoms in total. The van der Waals surface area contributed by atoms with Crippen LogP contribution in [0.1, 0.15) is 18.1 Å². The Bertz CT molecular complexity index is 480. The second-order valence-corrected chi connectivity index (χ2v) is 4.41. The maximum atomic E-state index is 12.8. The molecule has 1 aromatic carbocycles. The van der Waals surface area contributed by atoms with Crippen molar-refractivity contribution in [1.29, 1.82) is 5.26 Å². The minimum atomic E-state index is -4.50. The summed E-state index contributed by atoms with van der Waals surface area (Å²) in [5.41, 5.74) is -0.631. The number of aliphatic hydroxyl groups is 1. The smallest absolute Gasteiger partial charge is 0.392 e. The number of halogens is 3. The number of alkyl halides is 3. The summed E-state index contributed by atoms with van der Waals surface area (Å²) in [6.45, 7) is 1.38. The molecule has 0 heterocycles. The van der Waals surface area contributed by atoms with Crippen molar-refractivity contribution >= 4 is 5.69 Å². The van der Waals surface area contributed by atoms with Crippen LogP contribution in [0.2, 0.25) is 0 Å². The van der Waals surface area contributed by atoms with Crippen molar-refractivity contribution in [1.82, 2.24) is 0 Å². The molecule has 0 amide bonds. The fraction of sp³-hybridized carbons (Fsp3) is 0.462. The first-order chi connectivity index (χ1) is 8.79. The van der Waals surface area contributed by atoms with E-state index in [1.54, 1.807) is 18.9 Å². The van der Waals surface area contributed by atoms with Gasteiger partial charge in [0.2, 0.25) is 0 Å². The molecule has 0 radical (unpaired) electrons. The van der Waals surface area contributed by atoms with Crippen LogP contribution in [-0.2, 0) is 12.8 Å². The third-order valence-electron chi connectivity index (χ3n) is 2.78. The van der Waals surface area contributed by atoms with Crippen LogP contribution >= 0.6 is 0 Å². The summed E-state index contributed by atoms with van der Waals surface area (Å²) in [6.07, 6.45) is -4.50. The summed E-state index contributed by atoms with van der Waals surface area (Å²) in [7, 11) is 1.63. The van der Waals surface area contributed by atoms with Gasteiger partial charge >= 0.3 is 6.18 Å². The Morgan fingerprint density at radius 2 is 2.05 bits per heavy atom. The van der Waals surface area contributed by atoms with Crippen molar-refractivity contribution in [2.75, 3.05) is 18.5 Å². The van der Waals surface area contributed by atoms with E-state index in [-0.39, 0.29) is 11.5 Å². The molecule has 1 atom stereocenters. The number of hydrogen-bond donors (Lipinski definition) is 1. The number of benzene rings is 1. The Hall–Kier alpha value is -1.74. The number of hydrogen-bond acceptors (Lipinski definition) is 3. The predicted octanol–water partition coefficient (Wildman–Crippen LogP) is 2.79. The minimum Gasteiger partial charge on any atom is -0.392 e. The Morgan fingerprint density at radius 3 is 2.53 bits per heavy atom. The highest BCUT2D eigenvalue weighted by atomic mass is 19.4. The predicted molar refractivity (Wildman–Crippen MR) is 65.4 cm³/mol. The summed E-state index contributed by atoms with van der Waals surface area (Å²) in [5.74, 6) is -0.281. The Kier molecular flexibility index (Phi) is 4.78. The molecule has 1 aromatic rings. The monoisotopic (exact) mass is 272 g/mol. The van der Waals surface area contributed by atoms with Gasteiger partial charge in [0.05, 0.1) is 24.2 Å². The van der Waals surface area contributed by atoms with Crippen LogP contribution in [0.4, 0.5) is 18.9 Å². The van der Waals surface area contributed by atoms with E-state index in [1.165, 1.54) is 12.1 Å². The number of nitriles is 1. The molecule has 1 rings (SSSR count). The van der Waals surface area contributed by atoms with Gasteiger partial charge < -0.3 is 10.0 Å². The zero-order valence-corrected chi connectivity index (χ0v) is 10.7. The largest absolute Gasteiger partial charge is 0.416 e. The Morgan fingerprint density at radius 1 is 1.42 bits per heavy atom. The fourth-order valence-electron chi connectivity index (χ4n) is 1.76. The maximum absolute atomic E-state index is 12.8. The molecule has 0 aliphatic rings. The summed E-state index contributed by atoms with van der Waals surface area (Å²) in [6, 6.07) is 5.79. The normalized spacial score (nSPS) is 12.9. The van der Waals surface area contributed by atoms with Crippen LogP contribution in [0.3, 0.4) is 0 Å². The highest BCUT2D eigenvalue weighted by Crippen LogP contribution is 2.34. The second kappa shape index (κ2) is 5.93. The van der Waals surface area contributed by atoms with Crippen molar-refractivity contribution in [3.8, 4) is 6.07 Å². The molecule has 1 unspecified atom stereocenters. The number of nitrogens with zero attached hydrogens (tertiary/aromatic N) is 2. The van der Waals surface area contributed by atoms with Crippen LogP contribution in [0.25, 0.3) is 0 Å². The van der Waals surface area contributed by atoms with Crippen LogP contribution in [0, 0.1) is 17.2 Å². The highest BCUT2D eigenvalue weighted by Gasteiger charge is 2.33. The lowest BCUT2D eigenvalue weighted by Crippen LogP contribution is -2.24. The van der Waals surface area contributed by atoms with E-state index < -0.39 is 18.3 Å². The average Bonchev–Trinajstić information content (AvgIpc) is 2.36. The van der Waals surface area contributed by atoms with Gasteiger partial charge in [-0.1, -0.05) is 6.07 Å².